The quantitative estimate of drug-likeness (QED) is 0.903. The number of halogens is 2. The highest BCUT2D eigenvalue weighted by molar-refractivity contribution is 9.10. The Balaban J connectivity index is 2.23. The average molecular weight is 292 g/mol. The lowest BCUT2D eigenvalue weighted by atomic mass is 10.1. The predicted molar refractivity (Wildman–Crippen MR) is 64.4 cm³/mol. The first-order valence-electron chi connectivity index (χ1n) is 4.93. The number of rotatable bonds is 2. The fourth-order valence-electron chi connectivity index (χ4n) is 1.85. The second-order valence-electron chi connectivity index (χ2n) is 3.82. The molecule has 0 amide bonds. The molecule has 5 heteroatoms. The van der Waals surface area contributed by atoms with Gasteiger partial charge in [0.25, 0.3) is 5.56 Å². The molecule has 0 aromatic carbocycles. The molecule has 82 valence electrons. The Bertz CT molecular complexity index is 412. The lowest BCUT2D eigenvalue weighted by Gasteiger charge is -2.11. The third-order valence-corrected chi connectivity index (χ3v) is 3.40. The third kappa shape index (κ3) is 2.62. The summed E-state index contributed by atoms with van der Waals surface area (Å²) in [6, 6.07) is 1.63. The van der Waals surface area contributed by atoms with Crippen LogP contribution >= 0.6 is 27.5 Å². The molecule has 0 spiro atoms. The molecule has 0 aliphatic carbocycles. The van der Waals surface area contributed by atoms with E-state index in [9.17, 15) is 4.79 Å². The molecule has 1 aromatic heterocycles. The Kier molecular flexibility index (Phi) is 3.49. The predicted octanol–water partition coefficient (Wildman–Crippen LogP) is 1.87. The normalized spacial score (nSPS) is 20.8. The maximum atomic E-state index is 11.7. The van der Waals surface area contributed by atoms with Gasteiger partial charge in [-0.3, -0.25) is 4.79 Å². The van der Waals surface area contributed by atoms with Gasteiger partial charge in [0.1, 0.15) is 0 Å². The highest BCUT2D eigenvalue weighted by atomic mass is 79.9. The number of nitrogens with one attached hydrogen (secondary N) is 1. The SMILES string of the molecule is O=c1c(Br)cc(Cl)cn1CC1CCNC1. The van der Waals surface area contributed by atoms with E-state index in [1.165, 1.54) is 0 Å². The highest BCUT2D eigenvalue weighted by Gasteiger charge is 2.16. The van der Waals surface area contributed by atoms with Crippen LogP contribution in [0.2, 0.25) is 5.02 Å². The Labute approximate surface area is 102 Å². The molecule has 2 rings (SSSR count). The van der Waals surface area contributed by atoms with E-state index in [0.717, 1.165) is 26.1 Å². The lowest BCUT2D eigenvalue weighted by Crippen LogP contribution is -2.25. The number of nitrogens with zero attached hydrogens (tertiary/aromatic N) is 1. The zero-order chi connectivity index (χ0) is 10.8. The number of pyridine rings is 1. The molecule has 1 aromatic rings. The summed E-state index contributed by atoms with van der Waals surface area (Å²) in [7, 11) is 0. The first kappa shape index (κ1) is 11.2. The molecule has 1 unspecified atom stereocenters. The summed E-state index contributed by atoms with van der Waals surface area (Å²) in [5.74, 6) is 0.535. The summed E-state index contributed by atoms with van der Waals surface area (Å²) in [5.41, 5.74) is -0.00806. The van der Waals surface area contributed by atoms with Crippen LogP contribution in [0, 0.1) is 5.92 Å². The van der Waals surface area contributed by atoms with Crippen LogP contribution in [0.15, 0.2) is 21.5 Å². The first-order chi connectivity index (χ1) is 7.16. The summed E-state index contributed by atoms with van der Waals surface area (Å²) >= 11 is 9.12. The lowest BCUT2D eigenvalue weighted by molar-refractivity contribution is 0.471. The summed E-state index contributed by atoms with van der Waals surface area (Å²) in [4.78, 5) is 11.7. The maximum absolute atomic E-state index is 11.7. The molecule has 1 aliphatic rings. The molecule has 0 radical (unpaired) electrons. The van der Waals surface area contributed by atoms with Gasteiger partial charge >= 0.3 is 0 Å². The number of hydrogen-bond acceptors (Lipinski definition) is 2. The van der Waals surface area contributed by atoms with Crippen LogP contribution in [-0.4, -0.2) is 17.7 Å². The van der Waals surface area contributed by atoms with Crippen molar-refractivity contribution in [3.8, 4) is 0 Å². The smallest absolute Gasteiger partial charge is 0.264 e. The van der Waals surface area contributed by atoms with Crippen molar-refractivity contribution >= 4 is 27.5 Å². The van der Waals surface area contributed by atoms with E-state index >= 15 is 0 Å². The van der Waals surface area contributed by atoms with Crippen LogP contribution in [-0.2, 0) is 6.54 Å². The minimum atomic E-state index is -0.00806. The van der Waals surface area contributed by atoms with Gasteiger partial charge in [0, 0.05) is 12.7 Å². The molecule has 1 fully saturated rings. The Morgan fingerprint density at radius 3 is 3.13 bits per heavy atom. The van der Waals surface area contributed by atoms with E-state index in [2.05, 4.69) is 21.2 Å². The van der Waals surface area contributed by atoms with Crippen molar-refractivity contribution in [1.29, 1.82) is 0 Å². The summed E-state index contributed by atoms with van der Waals surface area (Å²) in [5, 5.41) is 3.87. The zero-order valence-corrected chi connectivity index (χ0v) is 10.5. The molecule has 1 saturated heterocycles. The molecule has 1 aliphatic heterocycles. The van der Waals surface area contributed by atoms with Crippen LogP contribution in [0.25, 0.3) is 0 Å². The third-order valence-electron chi connectivity index (χ3n) is 2.63. The van der Waals surface area contributed by atoms with Gasteiger partial charge in [-0.1, -0.05) is 11.6 Å². The van der Waals surface area contributed by atoms with Gasteiger partial charge in [-0.15, -0.1) is 0 Å². The fourth-order valence-corrected chi connectivity index (χ4v) is 2.68. The van der Waals surface area contributed by atoms with E-state index in [0.29, 0.717) is 15.4 Å². The Morgan fingerprint density at radius 1 is 1.67 bits per heavy atom. The van der Waals surface area contributed by atoms with Crippen molar-refractivity contribution in [2.24, 2.45) is 5.92 Å². The van der Waals surface area contributed by atoms with Crippen molar-refractivity contribution in [2.75, 3.05) is 13.1 Å². The average Bonchev–Trinajstić information content (AvgIpc) is 2.66. The van der Waals surface area contributed by atoms with E-state index in [-0.39, 0.29) is 5.56 Å². The first-order valence-corrected chi connectivity index (χ1v) is 6.10. The molecule has 0 saturated carbocycles. The second kappa shape index (κ2) is 4.68. The van der Waals surface area contributed by atoms with Crippen molar-refractivity contribution in [1.82, 2.24) is 9.88 Å². The zero-order valence-electron chi connectivity index (χ0n) is 8.17. The van der Waals surface area contributed by atoms with E-state index in [4.69, 9.17) is 11.6 Å². The van der Waals surface area contributed by atoms with Crippen molar-refractivity contribution < 1.29 is 0 Å². The van der Waals surface area contributed by atoms with E-state index in [1.54, 1.807) is 16.8 Å². The minimum Gasteiger partial charge on any atom is -0.316 e. The van der Waals surface area contributed by atoms with Crippen LogP contribution in [0.4, 0.5) is 0 Å². The van der Waals surface area contributed by atoms with Gasteiger partial charge in [-0.2, -0.15) is 0 Å². The number of hydrogen-bond donors (Lipinski definition) is 1. The standard InChI is InChI=1S/C10H12BrClN2O/c11-9-3-8(12)6-14(10(9)15)5-7-1-2-13-4-7/h3,6-7,13H,1-2,4-5H2. The molecule has 1 atom stereocenters. The topological polar surface area (TPSA) is 34.0 Å². The molecule has 2 heterocycles. The van der Waals surface area contributed by atoms with Crippen LogP contribution in [0.3, 0.4) is 0 Å². The maximum Gasteiger partial charge on any atom is 0.264 e. The summed E-state index contributed by atoms with van der Waals surface area (Å²) in [6.07, 6.45) is 2.82. The van der Waals surface area contributed by atoms with Gasteiger partial charge < -0.3 is 9.88 Å². The van der Waals surface area contributed by atoms with Gasteiger partial charge in [0.2, 0.25) is 0 Å². The van der Waals surface area contributed by atoms with Crippen molar-refractivity contribution in [2.45, 2.75) is 13.0 Å². The Morgan fingerprint density at radius 2 is 2.47 bits per heavy atom. The second-order valence-corrected chi connectivity index (χ2v) is 5.11. The molecule has 15 heavy (non-hydrogen) atoms. The Hall–Kier alpha value is -0.320. The molecule has 1 N–H and O–H groups in total. The van der Waals surface area contributed by atoms with Gasteiger partial charge in [0.15, 0.2) is 0 Å². The highest BCUT2D eigenvalue weighted by Crippen LogP contribution is 2.15. The van der Waals surface area contributed by atoms with Crippen LogP contribution in [0.1, 0.15) is 6.42 Å². The summed E-state index contributed by atoms with van der Waals surface area (Å²) < 4.78 is 2.21. The molecular weight excluding hydrogens is 279 g/mol. The fraction of sp³-hybridized carbons (Fsp3) is 0.500. The summed E-state index contributed by atoms with van der Waals surface area (Å²) in [6.45, 7) is 2.77. The van der Waals surface area contributed by atoms with E-state index < -0.39 is 0 Å². The van der Waals surface area contributed by atoms with Crippen LogP contribution in [0.5, 0.6) is 0 Å². The molecular formula is C10H12BrClN2O. The van der Waals surface area contributed by atoms with E-state index in [1.807, 2.05) is 0 Å². The van der Waals surface area contributed by atoms with Crippen LogP contribution < -0.4 is 10.9 Å². The van der Waals surface area contributed by atoms with Crippen molar-refractivity contribution in [3.05, 3.63) is 32.1 Å². The minimum absolute atomic E-state index is 0.00806. The monoisotopic (exact) mass is 290 g/mol. The number of aromatic nitrogens is 1. The van der Waals surface area contributed by atoms with Crippen molar-refractivity contribution in [3.63, 3.8) is 0 Å². The van der Waals surface area contributed by atoms with Gasteiger partial charge in [-0.05, 0) is 47.4 Å². The molecule has 3 nitrogen and oxygen atoms in total. The van der Waals surface area contributed by atoms with Gasteiger partial charge in [0.05, 0.1) is 9.50 Å². The van der Waals surface area contributed by atoms with Gasteiger partial charge in [-0.25, -0.2) is 0 Å². The largest absolute Gasteiger partial charge is 0.316 e. The molecule has 0 bridgehead atoms.